The van der Waals surface area contributed by atoms with Crippen LogP contribution in [-0.4, -0.2) is 64.1 Å². The van der Waals surface area contributed by atoms with Crippen LogP contribution in [0.2, 0.25) is 0 Å². The molecule has 1 aliphatic heterocycles. The highest BCUT2D eigenvalue weighted by Gasteiger charge is 2.25. The van der Waals surface area contributed by atoms with Crippen LogP contribution in [0.25, 0.3) is 5.69 Å². The van der Waals surface area contributed by atoms with Crippen molar-refractivity contribution in [3.63, 3.8) is 0 Å². The van der Waals surface area contributed by atoms with Crippen LogP contribution in [0.3, 0.4) is 0 Å². The van der Waals surface area contributed by atoms with Gasteiger partial charge < -0.3 is 10.2 Å². The van der Waals surface area contributed by atoms with Gasteiger partial charge >= 0.3 is 0 Å². The standard InChI is InChI=1S/C24H27N5O2/c1-19-16-22(26-29(19)21-10-6-3-7-11-21)24(31)28-14-12-27(13-15-28)18-23(30)25-17-20-8-4-2-5-9-20/h2-11,16H,12-15,17-18H2,1H3,(H,25,30). The van der Waals surface area contributed by atoms with Crippen LogP contribution in [0.5, 0.6) is 0 Å². The number of benzene rings is 2. The number of nitrogens with zero attached hydrogens (tertiary/aromatic N) is 4. The Morgan fingerprint density at radius 1 is 0.935 bits per heavy atom. The molecule has 0 atom stereocenters. The molecule has 1 aromatic heterocycles. The number of amides is 2. The van der Waals surface area contributed by atoms with Crippen molar-refractivity contribution < 1.29 is 9.59 Å². The minimum atomic E-state index is -0.0639. The zero-order valence-electron chi connectivity index (χ0n) is 17.7. The molecule has 0 radical (unpaired) electrons. The van der Waals surface area contributed by atoms with Crippen LogP contribution < -0.4 is 5.32 Å². The van der Waals surface area contributed by atoms with Crippen LogP contribution in [0, 0.1) is 6.92 Å². The minimum absolute atomic E-state index is 0.000795. The number of rotatable bonds is 6. The molecule has 160 valence electrons. The van der Waals surface area contributed by atoms with Gasteiger partial charge in [0.2, 0.25) is 5.91 Å². The van der Waals surface area contributed by atoms with E-state index >= 15 is 0 Å². The van der Waals surface area contributed by atoms with Crippen molar-refractivity contribution in [3.8, 4) is 5.69 Å². The largest absolute Gasteiger partial charge is 0.351 e. The Morgan fingerprint density at radius 2 is 1.58 bits per heavy atom. The van der Waals surface area contributed by atoms with E-state index in [0.717, 1.165) is 16.9 Å². The number of hydrogen-bond donors (Lipinski definition) is 1. The molecule has 0 unspecified atom stereocenters. The number of aromatic nitrogens is 2. The Balaban J connectivity index is 1.28. The summed E-state index contributed by atoms with van der Waals surface area (Å²) in [7, 11) is 0. The molecule has 7 nitrogen and oxygen atoms in total. The summed E-state index contributed by atoms with van der Waals surface area (Å²) < 4.78 is 1.79. The Morgan fingerprint density at radius 3 is 2.26 bits per heavy atom. The van der Waals surface area contributed by atoms with Crippen LogP contribution in [0.15, 0.2) is 66.7 Å². The Kier molecular flexibility index (Phi) is 6.43. The van der Waals surface area contributed by atoms with Crippen molar-refractivity contribution in [2.24, 2.45) is 0 Å². The summed E-state index contributed by atoms with van der Waals surface area (Å²) in [6, 6.07) is 21.5. The number of aryl methyl sites for hydroxylation is 1. The van der Waals surface area contributed by atoms with Crippen molar-refractivity contribution in [1.82, 2.24) is 24.9 Å². The maximum atomic E-state index is 12.9. The van der Waals surface area contributed by atoms with Gasteiger partial charge in [-0.1, -0.05) is 48.5 Å². The maximum Gasteiger partial charge on any atom is 0.274 e. The first-order chi connectivity index (χ1) is 15.1. The van der Waals surface area contributed by atoms with Gasteiger partial charge in [-0.15, -0.1) is 0 Å². The summed E-state index contributed by atoms with van der Waals surface area (Å²) in [4.78, 5) is 29.1. The minimum Gasteiger partial charge on any atom is -0.351 e. The van der Waals surface area contributed by atoms with E-state index in [4.69, 9.17) is 0 Å². The number of para-hydroxylation sites is 1. The van der Waals surface area contributed by atoms with E-state index in [1.165, 1.54) is 0 Å². The highest BCUT2D eigenvalue weighted by atomic mass is 16.2. The summed E-state index contributed by atoms with van der Waals surface area (Å²) >= 11 is 0. The van der Waals surface area contributed by atoms with E-state index in [9.17, 15) is 9.59 Å². The highest BCUT2D eigenvalue weighted by Crippen LogP contribution is 2.14. The number of nitrogens with one attached hydrogen (secondary N) is 1. The maximum absolute atomic E-state index is 12.9. The third-order valence-electron chi connectivity index (χ3n) is 5.47. The van der Waals surface area contributed by atoms with Gasteiger partial charge in [0.05, 0.1) is 12.2 Å². The normalized spacial score (nSPS) is 14.4. The molecule has 1 saturated heterocycles. The fraction of sp³-hybridized carbons (Fsp3) is 0.292. The summed E-state index contributed by atoms with van der Waals surface area (Å²) in [5, 5.41) is 7.48. The lowest BCUT2D eigenvalue weighted by Crippen LogP contribution is -2.51. The Bertz CT molecular complexity index is 1020. The summed E-state index contributed by atoms with van der Waals surface area (Å²) in [5.74, 6) is -0.0631. The first kappa shape index (κ1) is 20.8. The zero-order chi connectivity index (χ0) is 21.6. The lowest BCUT2D eigenvalue weighted by Gasteiger charge is -2.33. The van der Waals surface area contributed by atoms with Crippen LogP contribution in [0.1, 0.15) is 21.7 Å². The van der Waals surface area contributed by atoms with Crippen molar-refractivity contribution in [2.75, 3.05) is 32.7 Å². The number of carbonyl (C=O) groups excluding carboxylic acids is 2. The van der Waals surface area contributed by atoms with Crippen LogP contribution >= 0.6 is 0 Å². The molecule has 1 N–H and O–H groups in total. The van der Waals surface area contributed by atoms with Crippen molar-refractivity contribution in [3.05, 3.63) is 83.7 Å². The number of carbonyl (C=O) groups is 2. The third-order valence-corrected chi connectivity index (χ3v) is 5.47. The van der Waals surface area contributed by atoms with Gasteiger partial charge in [-0.3, -0.25) is 14.5 Å². The average Bonchev–Trinajstić information content (AvgIpc) is 3.20. The van der Waals surface area contributed by atoms with Crippen molar-refractivity contribution in [2.45, 2.75) is 13.5 Å². The van der Waals surface area contributed by atoms with E-state index in [2.05, 4.69) is 15.3 Å². The highest BCUT2D eigenvalue weighted by molar-refractivity contribution is 5.92. The molecule has 2 aromatic carbocycles. The summed E-state index contributed by atoms with van der Waals surface area (Å²) in [6.07, 6.45) is 0. The smallest absolute Gasteiger partial charge is 0.274 e. The van der Waals surface area contributed by atoms with Gasteiger partial charge in [0.15, 0.2) is 5.69 Å². The van der Waals surface area contributed by atoms with Crippen molar-refractivity contribution >= 4 is 11.8 Å². The fourth-order valence-corrected chi connectivity index (χ4v) is 3.74. The second-order valence-electron chi connectivity index (χ2n) is 7.75. The molecule has 2 heterocycles. The lowest BCUT2D eigenvalue weighted by molar-refractivity contribution is -0.122. The lowest BCUT2D eigenvalue weighted by atomic mass is 10.2. The predicted molar refractivity (Wildman–Crippen MR) is 119 cm³/mol. The third kappa shape index (κ3) is 5.19. The second-order valence-corrected chi connectivity index (χ2v) is 7.75. The molecule has 31 heavy (non-hydrogen) atoms. The summed E-state index contributed by atoms with van der Waals surface area (Å²) in [6.45, 7) is 5.33. The van der Waals surface area contributed by atoms with Crippen LogP contribution in [0.4, 0.5) is 0 Å². The second kappa shape index (κ2) is 9.57. The molecule has 0 bridgehead atoms. The quantitative estimate of drug-likeness (QED) is 0.668. The molecule has 3 aromatic rings. The van der Waals surface area contributed by atoms with E-state index in [1.54, 1.807) is 4.68 Å². The van der Waals surface area contributed by atoms with Gasteiger partial charge in [0, 0.05) is 38.4 Å². The molecule has 0 saturated carbocycles. The van der Waals surface area contributed by atoms with E-state index < -0.39 is 0 Å². The molecule has 0 aliphatic carbocycles. The number of hydrogen-bond acceptors (Lipinski definition) is 4. The molecular formula is C24H27N5O2. The predicted octanol–water partition coefficient (Wildman–Crippen LogP) is 2.25. The Labute approximate surface area is 182 Å². The van der Waals surface area contributed by atoms with E-state index in [0.29, 0.717) is 45.0 Å². The number of piperazine rings is 1. The van der Waals surface area contributed by atoms with Crippen LogP contribution in [-0.2, 0) is 11.3 Å². The van der Waals surface area contributed by atoms with Gasteiger partial charge in [0.25, 0.3) is 5.91 Å². The summed E-state index contributed by atoms with van der Waals surface area (Å²) in [5.41, 5.74) is 3.39. The molecule has 4 rings (SSSR count). The van der Waals surface area contributed by atoms with Gasteiger partial charge in [-0.05, 0) is 30.7 Å². The van der Waals surface area contributed by atoms with Gasteiger partial charge in [-0.25, -0.2) is 4.68 Å². The van der Waals surface area contributed by atoms with E-state index in [1.807, 2.05) is 78.6 Å². The monoisotopic (exact) mass is 417 g/mol. The van der Waals surface area contributed by atoms with E-state index in [-0.39, 0.29) is 11.8 Å². The molecule has 0 spiro atoms. The SMILES string of the molecule is Cc1cc(C(=O)N2CCN(CC(=O)NCc3ccccc3)CC2)nn1-c1ccccc1. The molecule has 1 fully saturated rings. The van der Waals surface area contributed by atoms with Gasteiger partial charge in [-0.2, -0.15) is 5.10 Å². The molecular weight excluding hydrogens is 390 g/mol. The zero-order valence-corrected chi connectivity index (χ0v) is 17.7. The molecule has 2 amide bonds. The molecule has 7 heteroatoms. The van der Waals surface area contributed by atoms with Crippen molar-refractivity contribution in [1.29, 1.82) is 0 Å². The first-order valence-corrected chi connectivity index (χ1v) is 10.5. The Hall–Kier alpha value is -3.45. The average molecular weight is 418 g/mol. The van der Waals surface area contributed by atoms with Gasteiger partial charge in [0.1, 0.15) is 0 Å². The fourth-order valence-electron chi connectivity index (χ4n) is 3.74. The molecule has 1 aliphatic rings. The first-order valence-electron chi connectivity index (χ1n) is 10.5. The topological polar surface area (TPSA) is 70.5 Å².